The highest BCUT2D eigenvalue weighted by Crippen LogP contribution is 1.83. The second-order valence-corrected chi connectivity index (χ2v) is 2.53. The van der Waals surface area contributed by atoms with Crippen molar-refractivity contribution in [3.05, 3.63) is 0 Å². The van der Waals surface area contributed by atoms with E-state index in [-0.39, 0.29) is 0 Å². The monoisotopic (exact) mass is 158 g/mol. The van der Waals surface area contributed by atoms with Gasteiger partial charge in [0.05, 0.1) is 0 Å². The van der Waals surface area contributed by atoms with Crippen LogP contribution in [0.1, 0.15) is 13.8 Å². The Balaban J connectivity index is 3.07. The van der Waals surface area contributed by atoms with Gasteiger partial charge < -0.3 is 10.2 Å². The van der Waals surface area contributed by atoms with Gasteiger partial charge in [-0.05, 0) is 13.1 Å². The highest BCUT2D eigenvalue weighted by atomic mass is 15.1. The van der Waals surface area contributed by atoms with Gasteiger partial charge in [0.1, 0.15) is 0 Å². The summed E-state index contributed by atoms with van der Waals surface area (Å²) in [7, 11) is 0. The number of rotatable bonds is 7. The normalized spacial score (nSPS) is 10.9. The Bertz CT molecular complexity index is 71.7. The molecule has 0 spiro atoms. The molecule has 2 N–H and O–H groups in total. The van der Waals surface area contributed by atoms with E-state index in [0.29, 0.717) is 6.54 Å². The largest absolute Gasteiger partial charge is 0.314 e. The van der Waals surface area contributed by atoms with E-state index in [9.17, 15) is 0 Å². The van der Waals surface area contributed by atoms with Crippen LogP contribution in [0.3, 0.4) is 0 Å². The minimum atomic E-state index is 0.484. The third-order valence-corrected chi connectivity index (χ3v) is 1.80. The Labute approximate surface area is 69.9 Å². The van der Waals surface area contributed by atoms with Gasteiger partial charge in [0, 0.05) is 26.2 Å². The molecule has 0 saturated heterocycles. The van der Waals surface area contributed by atoms with E-state index in [1.165, 1.54) is 0 Å². The summed E-state index contributed by atoms with van der Waals surface area (Å²) in [4.78, 5) is 2.37. The minimum absolute atomic E-state index is 0.484. The topological polar surface area (TPSA) is 39.1 Å². The molecular formula is C8H20N3. The summed E-state index contributed by atoms with van der Waals surface area (Å²) in [6, 6.07) is 0. The van der Waals surface area contributed by atoms with Crippen molar-refractivity contribution in [2.24, 2.45) is 0 Å². The SMILES string of the molecule is CCN(CC)CCNCC[NH]. The van der Waals surface area contributed by atoms with E-state index in [0.717, 1.165) is 32.7 Å². The third kappa shape index (κ3) is 6.28. The Morgan fingerprint density at radius 2 is 1.82 bits per heavy atom. The molecule has 11 heavy (non-hydrogen) atoms. The molecule has 0 rings (SSSR count). The zero-order valence-electron chi connectivity index (χ0n) is 7.69. The lowest BCUT2D eigenvalue weighted by Crippen LogP contribution is -2.33. The van der Waals surface area contributed by atoms with Crippen LogP contribution in [-0.4, -0.2) is 44.2 Å². The van der Waals surface area contributed by atoms with Crippen LogP contribution >= 0.6 is 0 Å². The van der Waals surface area contributed by atoms with Crippen molar-refractivity contribution in [3.8, 4) is 0 Å². The molecule has 0 bridgehead atoms. The molecule has 0 amide bonds. The van der Waals surface area contributed by atoms with E-state index in [2.05, 4.69) is 24.1 Å². The zero-order valence-corrected chi connectivity index (χ0v) is 7.69. The Hall–Kier alpha value is -0.120. The van der Waals surface area contributed by atoms with Crippen molar-refractivity contribution >= 4 is 0 Å². The lowest BCUT2D eigenvalue weighted by atomic mass is 10.4. The van der Waals surface area contributed by atoms with Crippen LogP contribution in [0.2, 0.25) is 0 Å². The maximum Gasteiger partial charge on any atom is 0.0225 e. The van der Waals surface area contributed by atoms with Gasteiger partial charge in [-0.3, -0.25) is 5.73 Å². The Kier molecular flexibility index (Phi) is 7.89. The van der Waals surface area contributed by atoms with Gasteiger partial charge in [-0.25, -0.2) is 0 Å². The number of hydrogen-bond donors (Lipinski definition) is 1. The van der Waals surface area contributed by atoms with Crippen LogP contribution in [0.25, 0.3) is 0 Å². The lowest BCUT2D eigenvalue weighted by molar-refractivity contribution is 0.303. The molecule has 0 saturated carbocycles. The highest BCUT2D eigenvalue weighted by molar-refractivity contribution is 4.55. The number of nitrogens with one attached hydrogen (secondary N) is 2. The molecule has 0 fully saturated rings. The van der Waals surface area contributed by atoms with Gasteiger partial charge in [-0.15, -0.1) is 0 Å². The summed E-state index contributed by atoms with van der Waals surface area (Å²) in [5, 5.41) is 3.20. The van der Waals surface area contributed by atoms with E-state index in [1.807, 2.05) is 0 Å². The van der Waals surface area contributed by atoms with E-state index in [4.69, 9.17) is 5.73 Å². The van der Waals surface area contributed by atoms with Crippen molar-refractivity contribution in [2.45, 2.75) is 13.8 Å². The molecule has 0 aromatic heterocycles. The Morgan fingerprint density at radius 1 is 1.18 bits per heavy atom. The molecule has 0 unspecified atom stereocenters. The summed E-state index contributed by atoms with van der Waals surface area (Å²) in [6.45, 7) is 10.0. The zero-order chi connectivity index (χ0) is 8.53. The average molecular weight is 158 g/mol. The molecule has 0 atom stereocenters. The van der Waals surface area contributed by atoms with E-state index < -0.39 is 0 Å². The van der Waals surface area contributed by atoms with E-state index >= 15 is 0 Å². The molecule has 0 heterocycles. The fourth-order valence-electron chi connectivity index (χ4n) is 0.990. The summed E-state index contributed by atoms with van der Waals surface area (Å²) in [6.07, 6.45) is 0. The van der Waals surface area contributed by atoms with Crippen LogP contribution < -0.4 is 11.1 Å². The smallest absolute Gasteiger partial charge is 0.0225 e. The third-order valence-electron chi connectivity index (χ3n) is 1.80. The van der Waals surface area contributed by atoms with Crippen molar-refractivity contribution in [2.75, 3.05) is 39.3 Å². The predicted octanol–water partition coefficient (Wildman–Crippen LogP) is 0.201. The maximum atomic E-state index is 6.90. The minimum Gasteiger partial charge on any atom is -0.314 e. The second kappa shape index (κ2) is 7.98. The van der Waals surface area contributed by atoms with Gasteiger partial charge in [0.25, 0.3) is 0 Å². The maximum absolute atomic E-state index is 6.90. The summed E-state index contributed by atoms with van der Waals surface area (Å²) >= 11 is 0. The lowest BCUT2D eigenvalue weighted by Gasteiger charge is -2.17. The number of hydrogen-bond acceptors (Lipinski definition) is 2. The molecule has 1 radical (unpaired) electrons. The number of nitrogens with zero attached hydrogens (tertiary/aromatic N) is 1. The first-order valence-electron chi connectivity index (χ1n) is 4.42. The van der Waals surface area contributed by atoms with Gasteiger partial charge in [0.2, 0.25) is 0 Å². The van der Waals surface area contributed by atoms with Crippen LogP contribution in [-0.2, 0) is 0 Å². The molecule has 0 aromatic rings. The van der Waals surface area contributed by atoms with Crippen LogP contribution in [0.15, 0.2) is 0 Å². The molecule has 67 valence electrons. The highest BCUT2D eigenvalue weighted by Gasteiger charge is 1.95. The standard InChI is InChI=1S/C8H20N3/c1-3-11(4-2)8-7-10-6-5-9/h9-10H,3-8H2,1-2H3. The van der Waals surface area contributed by atoms with Crippen molar-refractivity contribution in [3.63, 3.8) is 0 Å². The molecule has 0 aliphatic heterocycles. The first-order valence-corrected chi connectivity index (χ1v) is 4.42. The van der Waals surface area contributed by atoms with Gasteiger partial charge in [0.15, 0.2) is 0 Å². The number of likely N-dealkylation sites (N-methyl/N-ethyl adjacent to an activating group) is 1. The average Bonchev–Trinajstić information content (AvgIpc) is 2.05. The van der Waals surface area contributed by atoms with Crippen LogP contribution in [0.4, 0.5) is 0 Å². The molecule has 3 heteroatoms. The van der Waals surface area contributed by atoms with Gasteiger partial charge >= 0.3 is 0 Å². The van der Waals surface area contributed by atoms with Gasteiger partial charge in [-0.2, -0.15) is 0 Å². The first-order chi connectivity index (χ1) is 5.35. The summed E-state index contributed by atoms with van der Waals surface area (Å²) in [5.41, 5.74) is 6.90. The predicted molar refractivity (Wildman–Crippen MR) is 48.6 cm³/mol. The quantitative estimate of drug-likeness (QED) is 0.538. The summed E-state index contributed by atoms with van der Waals surface area (Å²) < 4.78 is 0. The fraction of sp³-hybridized carbons (Fsp3) is 1.00. The molecule has 3 nitrogen and oxygen atoms in total. The molecule has 0 aliphatic carbocycles. The summed E-state index contributed by atoms with van der Waals surface area (Å²) in [5.74, 6) is 0. The van der Waals surface area contributed by atoms with Crippen molar-refractivity contribution in [1.29, 1.82) is 0 Å². The van der Waals surface area contributed by atoms with Crippen molar-refractivity contribution < 1.29 is 0 Å². The molecule has 0 aliphatic rings. The molecule has 0 aromatic carbocycles. The first kappa shape index (κ1) is 10.9. The van der Waals surface area contributed by atoms with Crippen LogP contribution in [0, 0.1) is 0 Å². The van der Waals surface area contributed by atoms with Crippen LogP contribution in [0.5, 0.6) is 0 Å². The van der Waals surface area contributed by atoms with Crippen molar-refractivity contribution in [1.82, 2.24) is 16.0 Å². The van der Waals surface area contributed by atoms with Gasteiger partial charge in [-0.1, -0.05) is 13.8 Å². The fourth-order valence-corrected chi connectivity index (χ4v) is 0.990. The van der Waals surface area contributed by atoms with E-state index in [1.54, 1.807) is 0 Å². The second-order valence-electron chi connectivity index (χ2n) is 2.53. The molecular weight excluding hydrogens is 138 g/mol. The Morgan fingerprint density at radius 3 is 2.27 bits per heavy atom.